The minimum atomic E-state index is 0.274. The standard InChI is InChI=1S/C13H16O2/c1-8-7-12(15-3)10-5-4-6-11(14)13(10)9(8)2/h7H,4-6H2,1-3H3. The third-order valence-corrected chi connectivity index (χ3v) is 3.24. The molecule has 0 unspecified atom stereocenters. The van der Waals surface area contributed by atoms with Crippen LogP contribution in [0.25, 0.3) is 0 Å². The Morgan fingerprint density at radius 2 is 2.00 bits per heavy atom. The molecule has 2 rings (SSSR count). The molecular weight excluding hydrogens is 188 g/mol. The Hall–Kier alpha value is -1.31. The molecule has 0 radical (unpaired) electrons. The van der Waals surface area contributed by atoms with E-state index in [0.29, 0.717) is 6.42 Å². The van der Waals surface area contributed by atoms with Crippen LogP contribution in [-0.2, 0) is 6.42 Å². The van der Waals surface area contributed by atoms with Gasteiger partial charge in [-0.1, -0.05) is 0 Å². The number of fused-ring (bicyclic) bond motifs is 1. The van der Waals surface area contributed by atoms with E-state index >= 15 is 0 Å². The van der Waals surface area contributed by atoms with Crippen molar-refractivity contribution in [2.45, 2.75) is 33.1 Å². The molecule has 0 atom stereocenters. The van der Waals surface area contributed by atoms with Crippen molar-refractivity contribution in [3.05, 3.63) is 28.3 Å². The second-order valence-electron chi connectivity index (χ2n) is 4.15. The van der Waals surface area contributed by atoms with Gasteiger partial charge in [0, 0.05) is 17.5 Å². The van der Waals surface area contributed by atoms with Gasteiger partial charge in [0.25, 0.3) is 0 Å². The first-order chi connectivity index (χ1) is 7.15. The van der Waals surface area contributed by atoms with Crippen molar-refractivity contribution in [3.8, 4) is 5.75 Å². The van der Waals surface area contributed by atoms with Gasteiger partial charge in [-0.3, -0.25) is 4.79 Å². The molecular formula is C13H16O2. The Balaban J connectivity index is 2.70. The van der Waals surface area contributed by atoms with Gasteiger partial charge in [0.2, 0.25) is 0 Å². The normalized spacial score (nSPS) is 15.0. The van der Waals surface area contributed by atoms with E-state index in [9.17, 15) is 4.79 Å². The Morgan fingerprint density at radius 1 is 1.27 bits per heavy atom. The Morgan fingerprint density at radius 3 is 2.67 bits per heavy atom. The molecule has 0 amide bonds. The molecule has 0 bridgehead atoms. The molecule has 0 N–H and O–H groups in total. The van der Waals surface area contributed by atoms with Gasteiger partial charge >= 0.3 is 0 Å². The molecule has 1 aliphatic carbocycles. The number of ketones is 1. The van der Waals surface area contributed by atoms with Gasteiger partial charge in [0.05, 0.1) is 7.11 Å². The van der Waals surface area contributed by atoms with Crippen LogP contribution in [-0.4, -0.2) is 12.9 Å². The van der Waals surface area contributed by atoms with Crippen molar-refractivity contribution in [1.82, 2.24) is 0 Å². The molecule has 2 nitrogen and oxygen atoms in total. The van der Waals surface area contributed by atoms with E-state index in [4.69, 9.17) is 4.74 Å². The third kappa shape index (κ3) is 1.54. The fourth-order valence-corrected chi connectivity index (χ4v) is 2.30. The highest BCUT2D eigenvalue weighted by Gasteiger charge is 2.23. The number of rotatable bonds is 1. The summed E-state index contributed by atoms with van der Waals surface area (Å²) in [7, 11) is 1.67. The molecule has 0 aromatic heterocycles. The maximum atomic E-state index is 11.9. The second-order valence-corrected chi connectivity index (χ2v) is 4.15. The summed E-state index contributed by atoms with van der Waals surface area (Å²) in [6, 6.07) is 2.03. The first-order valence-electron chi connectivity index (χ1n) is 5.35. The quantitative estimate of drug-likeness (QED) is 0.703. The minimum Gasteiger partial charge on any atom is -0.496 e. The predicted octanol–water partition coefficient (Wildman–Crippen LogP) is 2.83. The van der Waals surface area contributed by atoms with E-state index in [1.807, 2.05) is 19.9 Å². The Kier molecular flexibility index (Phi) is 2.51. The highest BCUT2D eigenvalue weighted by Crippen LogP contribution is 2.33. The number of aryl methyl sites for hydroxylation is 1. The van der Waals surface area contributed by atoms with Crippen LogP contribution >= 0.6 is 0 Å². The molecule has 0 fully saturated rings. The number of carbonyl (C=O) groups is 1. The fraction of sp³-hybridized carbons (Fsp3) is 0.462. The van der Waals surface area contributed by atoms with Gasteiger partial charge in [-0.15, -0.1) is 0 Å². The number of benzene rings is 1. The van der Waals surface area contributed by atoms with Crippen molar-refractivity contribution in [3.63, 3.8) is 0 Å². The van der Waals surface area contributed by atoms with Gasteiger partial charge in [-0.2, -0.15) is 0 Å². The highest BCUT2D eigenvalue weighted by molar-refractivity contribution is 6.00. The fourth-order valence-electron chi connectivity index (χ4n) is 2.30. The van der Waals surface area contributed by atoms with Gasteiger partial charge in [-0.05, 0) is 43.9 Å². The molecule has 15 heavy (non-hydrogen) atoms. The largest absolute Gasteiger partial charge is 0.496 e. The van der Waals surface area contributed by atoms with Crippen LogP contribution < -0.4 is 4.74 Å². The zero-order valence-corrected chi connectivity index (χ0v) is 9.52. The zero-order chi connectivity index (χ0) is 11.0. The second kappa shape index (κ2) is 3.69. The van der Waals surface area contributed by atoms with Gasteiger partial charge < -0.3 is 4.74 Å². The lowest BCUT2D eigenvalue weighted by molar-refractivity contribution is 0.0971. The van der Waals surface area contributed by atoms with E-state index in [1.165, 1.54) is 0 Å². The first-order valence-corrected chi connectivity index (χ1v) is 5.35. The number of methoxy groups -OCH3 is 1. The lowest BCUT2D eigenvalue weighted by Crippen LogP contribution is -2.14. The Labute approximate surface area is 90.3 Å². The number of hydrogen-bond donors (Lipinski definition) is 0. The average Bonchev–Trinajstić information content (AvgIpc) is 2.23. The van der Waals surface area contributed by atoms with Gasteiger partial charge in [-0.25, -0.2) is 0 Å². The van der Waals surface area contributed by atoms with Crippen LogP contribution in [0.3, 0.4) is 0 Å². The van der Waals surface area contributed by atoms with E-state index in [1.54, 1.807) is 7.11 Å². The molecule has 1 aliphatic rings. The van der Waals surface area contributed by atoms with Crippen LogP contribution in [0.15, 0.2) is 6.07 Å². The molecule has 1 aromatic carbocycles. The van der Waals surface area contributed by atoms with Crippen LogP contribution in [0, 0.1) is 13.8 Å². The van der Waals surface area contributed by atoms with Gasteiger partial charge in [0.15, 0.2) is 5.78 Å². The van der Waals surface area contributed by atoms with E-state index in [-0.39, 0.29) is 5.78 Å². The zero-order valence-electron chi connectivity index (χ0n) is 9.52. The third-order valence-electron chi connectivity index (χ3n) is 3.24. The van der Waals surface area contributed by atoms with Gasteiger partial charge in [0.1, 0.15) is 5.75 Å². The highest BCUT2D eigenvalue weighted by atomic mass is 16.5. The number of hydrogen-bond acceptors (Lipinski definition) is 2. The lowest BCUT2D eigenvalue weighted by atomic mass is 9.85. The van der Waals surface area contributed by atoms with E-state index < -0.39 is 0 Å². The summed E-state index contributed by atoms with van der Waals surface area (Å²) >= 11 is 0. The summed E-state index contributed by atoms with van der Waals surface area (Å²) < 4.78 is 5.34. The number of ether oxygens (including phenoxy) is 1. The maximum Gasteiger partial charge on any atom is 0.163 e. The summed E-state index contributed by atoms with van der Waals surface area (Å²) in [5.74, 6) is 1.15. The van der Waals surface area contributed by atoms with Crippen molar-refractivity contribution in [1.29, 1.82) is 0 Å². The van der Waals surface area contributed by atoms with Crippen molar-refractivity contribution in [2.75, 3.05) is 7.11 Å². The SMILES string of the molecule is COc1cc(C)c(C)c2c1CCCC2=O. The first kappa shape index (κ1) is 10.2. The van der Waals surface area contributed by atoms with E-state index in [0.717, 1.165) is 40.8 Å². The molecule has 80 valence electrons. The average molecular weight is 204 g/mol. The Bertz CT molecular complexity index is 419. The minimum absolute atomic E-state index is 0.274. The van der Waals surface area contributed by atoms with Crippen LogP contribution in [0.1, 0.15) is 39.9 Å². The van der Waals surface area contributed by atoms with Crippen LogP contribution in [0.4, 0.5) is 0 Å². The molecule has 0 heterocycles. The topological polar surface area (TPSA) is 26.3 Å². The van der Waals surface area contributed by atoms with Crippen LogP contribution in [0.2, 0.25) is 0 Å². The molecule has 1 aromatic rings. The summed E-state index contributed by atoms with van der Waals surface area (Å²) in [5, 5.41) is 0. The maximum absolute atomic E-state index is 11.9. The summed E-state index contributed by atoms with van der Waals surface area (Å²) in [6.45, 7) is 4.05. The summed E-state index contributed by atoms with van der Waals surface area (Å²) in [5.41, 5.74) is 4.28. The van der Waals surface area contributed by atoms with E-state index in [2.05, 4.69) is 0 Å². The van der Waals surface area contributed by atoms with Crippen molar-refractivity contribution in [2.24, 2.45) is 0 Å². The summed E-state index contributed by atoms with van der Waals surface area (Å²) in [6.07, 6.45) is 2.59. The monoisotopic (exact) mass is 204 g/mol. The predicted molar refractivity (Wildman–Crippen MR) is 59.7 cm³/mol. The van der Waals surface area contributed by atoms with Crippen LogP contribution in [0.5, 0.6) is 5.75 Å². The molecule has 0 aliphatic heterocycles. The number of carbonyl (C=O) groups excluding carboxylic acids is 1. The molecule has 0 saturated carbocycles. The lowest BCUT2D eigenvalue weighted by Gasteiger charge is -2.21. The van der Waals surface area contributed by atoms with Crippen molar-refractivity contribution < 1.29 is 9.53 Å². The van der Waals surface area contributed by atoms with Crippen molar-refractivity contribution >= 4 is 5.78 Å². The molecule has 0 spiro atoms. The molecule has 2 heteroatoms. The summed E-state index contributed by atoms with van der Waals surface area (Å²) in [4.78, 5) is 11.9. The molecule has 0 saturated heterocycles. The number of Topliss-reactive ketones (excluding diaryl/α,β-unsaturated/α-hetero) is 1. The smallest absolute Gasteiger partial charge is 0.163 e.